The van der Waals surface area contributed by atoms with Crippen molar-refractivity contribution < 1.29 is 18.3 Å². The van der Waals surface area contributed by atoms with E-state index in [9.17, 15) is 13.2 Å². The fraction of sp³-hybridized carbons (Fsp3) is 1.00. The van der Waals surface area contributed by atoms with E-state index in [-0.39, 0.29) is 19.1 Å². The van der Waals surface area contributed by atoms with Gasteiger partial charge in [0.2, 0.25) is 0 Å². The highest BCUT2D eigenvalue weighted by atomic mass is 19.4. The summed E-state index contributed by atoms with van der Waals surface area (Å²) in [4.78, 5) is 0. The molecule has 0 aromatic rings. The van der Waals surface area contributed by atoms with Crippen molar-refractivity contribution in [3.8, 4) is 0 Å². The van der Waals surface area contributed by atoms with Gasteiger partial charge in [-0.05, 0) is 39.5 Å². The molecule has 0 radical (unpaired) electrons. The molecular formula is C12H25F3N2O. The molecule has 0 aromatic carbocycles. The van der Waals surface area contributed by atoms with E-state index >= 15 is 0 Å². The average molecular weight is 270 g/mol. The number of nitrogens with two attached hydrogens (primary N) is 1. The third-order valence-corrected chi connectivity index (χ3v) is 3.03. The maximum absolute atomic E-state index is 12.1. The van der Waals surface area contributed by atoms with Crippen molar-refractivity contribution >= 4 is 0 Å². The van der Waals surface area contributed by atoms with E-state index in [1.165, 1.54) is 0 Å². The normalized spacial score (nSPS) is 17.5. The topological polar surface area (TPSA) is 58.3 Å². The van der Waals surface area contributed by atoms with E-state index in [2.05, 4.69) is 5.32 Å². The maximum atomic E-state index is 12.1. The second kappa shape index (κ2) is 7.96. The quantitative estimate of drug-likeness (QED) is 0.602. The van der Waals surface area contributed by atoms with Crippen LogP contribution in [0, 0.1) is 0 Å². The predicted molar refractivity (Wildman–Crippen MR) is 66.3 cm³/mol. The van der Waals surface area contributed by atoms with E-state index < -0.39 is 18.1 Å². The Morgan fingerprint density at radius 2 is 1.83 bits per heavy atom. The van der Waals surface area contributed by atoms with Gasteiger partial charge in [-0.3, -0.25) is 0 Å². The SMILES string of the molecule is CC(CCCO)NC(C)(CN)CCCC(F)(F)F. The Labute approximate surface area is 107 Å². The summed E-state index contributed by atoms with van der Waals surface area (Å²) in [5.74, 6) is 0. The Morgan fingerprint density at radius 1 is 1.22 bits per heavy atom. The first kappa shape index (κ1) is 17.7. The van der Waals surface area contributed by atoms with Gasteiger partial charge in [-0.1, -0.05) is 0 Å². The number of alkyl halides is 3. The van der Waals surface area contributed by atoms with Crippen LogP contribution < -0.4 is 11.1 Å². The minimum atomic E-state index is -4.10. The van der Waals surface area contributed by atoms with Gasteiger partial charge in [-0.2, -0.15) is 13.2 Å². The number of hydrogen-bond donors (Lipinski definition) is 3. The Morgan fingerprint density at radius 3 is 2.28 bits per heavy atom. The van der Waals surface area contributed by atoms with Crippen molar-refractivity contribution in [2.24, 2.45) is 5.73 Å². The lowest BCUT2D eigenvalue weighted by Gasteiger charge is -2.33. The molecule has 0 saturated carbocycles. The van der Waals surface area contributed by atoms with Gasteiger partial charge in [-0.25, -0.2) is 0 Å². The molecule has 0 rings (SSSR count). The second-order valence-corrected chi connectivity index (χ2v) is 5.14. The standard InChI is InChI=1S/C12H25F3N2O/c1-10(5-3-8-18)17-11(2,9-16)6-4-7-12(13,14)15/h10,17-18H,3-9,16H2,1-2H3. The van der Waals surface area contributed by atoms with Gasteiger partial charge in [0.1, 0.15) is 0 Å². The van der Waals surface area contributed by atoms with Crippen molar-refractivity contribution in [2.45, 2.75) is 63.7 Å². The Kier molecular flexibility index (Phi) is 7.82. The van der Waals surface area contributed by atoms with Gasteiger partial charge >= 0.3 is 6.18 Å². The Balaban J connectivity index is 4.09. The van der Waals surface area contributed by atoms with Gasteiger partial charge in [0, 0.05) is 31.2 Å². The highest BCUT2D eigenvalue weighted by Crippen LogP contribution is 2.25. The van der Waals surface area contributed by atoms with Gasteiger partial charge in [-0.15, -0.1) is 0 Å². The first-order valence-electron chi connectivity index (χ1n) is 6.38. The van der Waals surface area contributed by atoms with E-state index in [4.69, 9.17) is 10.8 Å². The summed E-state index contributed by atoms with van der Waals surface area (Å²) in [5.41, 5.74) is 5.17. The third-order valence-electron chi connectivity index (χ3n) is 3.03. The van der Waals surface area contributed by atoms with Gasteiger partial charge in [0.15, 0.2) is 0 Å². The first-order valence-corrected chi connectivity index (χ1v) is 6.38. The molecule has 18 heavy (non-hydrogen) atoms. The van der Waals surface area contributed by atoms with Crippen LogP contribution >= 0.6 is 0 Å². The van der Waals surface area contributed by atoms with Gasteiger partial charge < -0.3 is 16.2 Å². The summed E-state index contributed by atoms with van der Waals surface area (Å²) in [6.45, 7) is 4.22. The zero-order valence-corrected chi connectivity index (χ0v) is 11.2. The number of hydrogen-bond acceptors (Lipinski definition) is 3. The van der Waals surface area contributed by atoms with E-state index in [1.807, 2.05) is 13.8 Å². The van der Waals surface area contributed by atoms with Crippen molar-refractivity contribution in [2.75, 3.05) is 13.2 Å². The molecule has 0 aromatic heterocycles. The lowest BCUT2D eigenvalue weighted by molar-refractivity contribution is -0.136. The second-order valence-electron chi connectivity index (χ2n) is 5.14. The Bertz CT molecular complexity index is 224. The fourth-order valence-electron chi connectivity index (χ4n) is 1.98. The molecule has 110 valence electrons. The zero-order chi connectivity index (χ0) is 14.2. The number of aliphatic hydroxyl groups excluding tert-OH is 1. The highest BCUT2D eigenvalue weighted by molar-refractivity contribution is 4.86. The van der Waals surface area contributed by atoms with E-state index in [0.29, 0.717) is 19.4 Å². The summed E-state index contributed by atoms with van der Waals surface area (Å²) >= 11 is 0. The molecule has 0 fully saturated rings. The van der Waals surface area contributed by atoms with Crippen LogP contribution in [-0.4, -0.2) is 36.0 Å². The lowest BCUT2D eigenvalue weighted by atomic mass is 9.93. The molecular weight excluding hydrogens is 245 g/mol. The summed E-state index contributed by atoms with van der Waals surface area (Å²) in [7, 11) is 0. The van der Waals surface area contributed by atoms with Crippen LogP contribution in [0.4, 0.5) is 13.2 Å². The van der Waals surface area contributed by atoms with E-state index in [1.54, 1.807) is 0 Å². The van der Waals surface area contributed by atoms with Crippen molar-refractivity contribution in [3.05, 3.63) is 0 Å². The van der Waals surface area contributed by atoms with Gasteiger partial charge in [0.05, 0.1) is 0 Å². The van der Waals surface area contributed by atoms with Crippen LogP contribution in [0.1, 0.15) is 46.0 Å². The van der Waals surface area contributed by atoms with Crippen LogP contribution in [0.3, 0.4) is 0 Å². The minimum Gasteiger partial charge on any atom is -0.396 e. The number of halogens is 3. The summed E-state index contributed by atoms with van der Waals surface area (Å²) in [6.07, 6.45) is -2.93. The van der Waals surface area contributed by atoms with Crippen molar-refractivity contribution in [3.63, 3.8) is 0 Å². The lowest BCUT2D eigenvalue weighted by Crippen LogP contribution is -2.52. The number of rotatable bonds is 9. The van der Waals surface area contributed by atoms with Crippen LogP contribution in [-0.2, 0) is 0 Å². The molecule has 0 aliphatic heterocycles. The molecule has 0 amide bonds. The molecule has 0 bridgehead atoms. The first-order chi connectivity index (χ1) is 8.22. The number of aliphatic hydroxyl groups is 1. The molecule has 0 heterocycles. The molecule has 3 nitrogen and oxygen atoms in total. The van der Waals surface area contributed by atoms with Crippen LogP contribution in [0.2, 0.25) is 0 Å². The van der Waals surface area contributed by atoms with E-state index in [0.717, 1.165) is 6.42 Å². The van der Waals surface area contributed by atoms with Crippen LogP contribution in [0.5, 0.6) is 0 Å². The smallest absolute Gasteiger partial charge is 0.389 e. The molecule has 2 unspecified atom stereocenters. The molecule has 0 aliphatic carbocycles. The average Bonchev–Trinajstić information content (AvgIpc) is 2.24. The predicted octanol–water partition coefficient (Wildman–Crippen LogP) is 2.19. The third kappa shape index (κ3) is 8.72. The molecule has 0 spiro atoms. The highest BCUT2D eigenvalue weighted by Gasteiger charge is 2.29. The summed E-state index contributed by atoms with van der Waals surface area (Å²) in [6, 6.07) is 0.136. The number of nitrogens with one attached hydrogen (secondary N) is 1. The Hall–Kier alpha value is -0.330. The van der Waals surface area contributed by atoms with Gasteiger partial charge in [0.25, 0.3) is 0 Å². The molecule has 4 N–H and O–H groups in total. The molecule has 0 aliphatic rings. The summed E-state index contributed by atoms with van der Waals surface area (Å²) < 4.78 is 36.3. The minimum absolute atomic E-state index is 0.0803. The van der Waals surface area contributed by atoms with Crippen LogP contribution in [0.15, 0.2) is 0 Å². The molecule has 0 saturated heterocycles. The van der Waals surface area contributed by atoms with Crippen LogP contribution in [0.25, 0.3) is 0 Å². The fourth-order valence-corrected chi connectivity index (χ4v) is 1.98. The summed E-state index contributed by atoms with van der Waals surface area (Å²) in [5, 5.41) is 12.0. The largest absolute Gasteiger partial charge is 0.396 e. The van der Waals surface area contributed by atoms with Crippen molar-refractivity contribution in [1.29, 1.82) is 0 Å². The monoisotopic (exact) mass is 270 g/mol. The molecule has 6 heteroatoms. The maximum Gasteiger partial charge on any atom is 0.389 e. The van der Waals surface area contributed by atoms with Crippen molar-refractivity contribution in [1.82, 2.24) is 5.32 Å². The molecule has 2 atom stereocenters. The zero-order valence-electron chi connectivity index (χ0n) is 11.2.